The normalized spacial score (nSPS) is 28.2. The Bertz CT molecular complexity index is 661. The van der Waals surface area contributed by atoms with E-state index in [4.69, 9.17) is 9.84 Å². The highest BCUT2D eigenvalue weighted by molar-refractivity contribution is 5.32. The monoisotopic (exact) mass is 309 g/mol. The molecule has 3 rings (SSSR count). The van der Waals surface area contributed by atoms with Crippen LogP contribution in [0, 0.1) is 12.7 Å². The minimum Gasteiger partial charge on any atom is -0.394 e. The molecule has 3 N–H and O–H groups in total. The van der Waals surface area contributed by atoms with Gasteiger partial charge < -0.3 is 20.1 Å². The van der Waals surface area contributed by atoms with Crippen molar-refractivity contribution in [1.82, 2.24) is 14.8 Å². The topological polar surface area (TPSA) is 101 Å². The van der Waals surface area contributed by atoms with Crippen molar-refractivity contribution in [3.05, 3.63) is 41.7 Å². The van der Waals surface area contributed by atoms with Crippen LogP contribution in [0.15, 0.2) is 24.3 Å². The van der Waals surface area contributed by atoms with Crippen molar-refractivity contribution in [2.75, 3.05) is 6.61 Å². The molecule has 1 aromatic carbocycles. The molecular weight excluding hydrogens is 293 g/mol. The lowest BCUT2D eigenvalue weighted by Gasteiger charge is -2.15. The van der Waals surface area contributed by atoms with Crippen LogP contribution in [0.4, 0.5) is 4.39 Å². The lowest BCUT2D eigenvalue weighted by Crippen LogP contribution is -2.32. The fourth-order valence-corrected chi connectivity index (χ4v) is 2.50. The van der Waals surface area contributed by atoms with E-state index >= 15 is 0 Å². The van der Waals surface area contributed by atoms with Gasteiger partial charge in [-0.05, 0) is 31.2 Å². The molecule has 118 valence electrons. The van der Waals surface area contributed by atoms with Crippen LogP contribution in [0.25, 0.3) is 5.69 Å². The Morgan fingerprint density at radius 2 is 1.91 bits per heavy atom. The van der Waals surface area contributed by atoms with Crippen LogP contribution in [0.3, 0.4) is 0 Å². The van der Waals surface area contributed by atoms with E-state index in [1.54, 1.807) is 6.92 Å². The molecule has 1 aromatic heterocycles. The summed E-state index contributed by atoms with van der Waals surface area (Å²) in [6.07, 6.45) is -4.27. The first-order chi connectivity index (χ1) is 10.5. The van der Waals surface area contributed by atoms with Gasteiger partial charge in [-0.25, -0.2) is 14.1 Å². The highest BCUT2D eigenvalue weighted by atomic mass is 19.1. The molecule has 0 unspecified atom stereocenters. The number of halogens is 1. The van der Waals surface area contributed by atoms with Crippen molar-refractivity contribution in [2.45, 2.75) is 31.3 Å². The van der Waals surface area contributed by atoms with E-state index in [2.05, 4.69) is 10.1 Å². The van der Waals surface area contributed by atoms with Gasteiger partial charge in [0.2, 0.25) is 0 Å². The van der Waals surface area contributed by atoms with Crippen LogP contribution in [0.5, 0.6) is 0 Å². The highest BCUT2D eigenvalue weighted by Gasteiger charge is 2.45. The largest absolute Gasteiger partial charge is 0.394 e. The van der Waals surface area contributed by atoms with Crippen molar-refractivity contribution in [2.24, 2.45) is 0 Å². The number of hydrogen-bond acceptors (Lipinski definition) is 6. The second-order valence-corrected chi connectivity index (χ2v) is 5.16. The Kier molecular flexibility index (Phi) is 3.92. The number of nitrogens with zero attached hydrogens (tertiary/aromatic N) is 3. The molecule has 0 amide bonds. The maximum atomic E-state index is 13.0. The van der Waals surface area contributed by atoms with Gasteiger partial charge in [-0.2, -0.15) is 5.10 Å². The van der Waals surface area contributed by atoms with E-state index in [0.717, 1.165) is 0 Å². The Labute approximate surface area is 125 Å². The minimum atomic E-state index is -1.24. The zero-order chi connectivity index (χ0) is 15.9. The van der Waals surface area contributed by atoms with E-state index < -0.39 is 31.0 Å². The molecule has 0 aliphatic carbocycles. The Morgan fingerprint density at radius 1 is 1.23 bits per heavy atom. The second kappa shape index (κ2) is 5.73. The smallest absolute Gasteiger partial charge is 0.164 e. The summed E-state index contributed by atoms with van der Waals surface area (Å²) in [4.78, 5) is 4.23. The molecule has 0 bridgehead atoms. The first kappa shape index (κ1) is 15.0. The second-order valence-electron chi connectivity index (χ2n) is 5.16. The fraction of sp³-hybridized carbons (Fsp3) is 0.429. The van der Waals surface area contributed by atoms with Gasteiger partial charge in [-0.3, -0.25) is 0 Å². The lowest BCUT2D eigenvalue weighted by molar-refractivity contribution is -0.0259. The molecule has 1 aliphatic heterocycles. The van der Waals surface area contributed by atoms with Gasteiger partial charge in [-0.15, -0.1) is 0 Å². The summed E-state index contributed by atoms with van der Waals surface area (Å²) in [5.41, 5.74) is 0.551. The highest BCUT2D eigenvalue weighted by Crippen LogP contribution is 2.33. The number of ether oxygens (including phenoxy) is 1. The Balaban J connectivity index is 2.00. The van der Waals surface area contributed by atoms with Crippen LogP contribution < -0.4 is 0 Å². The van der Waals surface area contributed by atoms with Crippen LogP contribution in [-0.4, -0.2) is 55.0 Å². The molecule has 0 saturated carbocycles. The summed E-state index contributed by atoms with van der Waals surface area (Å²) >= 11 is 0. The van der Waals surface area contributed by atoms with Crippen molar-refractivity contribution >= 4 is 0 Å². The molecule has 22 heavy (non-hydrogen) atoms. The summed E-state index contributed by atoms with van der Waals surface area (Å²) in [5, 5.41) is 33.3. The van der Waals surface area contributed by atoms with Crippen LogP contribution >= 0.6 is 0 Å². The number of aliphatic hydroxyl groups is 3. The van der Waals surface area contributed by atoms with Gasteiger partial charge in [0.25, 0.3) is 0 Å². The third kappa shape index (κ3) is 2.50. The van der Waals surface area contributed by atoms with Gasteiger partial charge in [-0.1, -0.05) is 0 Å². The number of hydrogen-bond donors (Lipinski definition) is 3. The standard InChI is InChI=1S/C14H16FN3O4/c1-7-16-14(13-12(21)11(20)10(6-19)22-13)18(17-7)9-4-2-8(15)3-5-9/h2-5,10-13,19-21H,6H2,1H3/t10-,11-,12-,13-/m1/s1. The van der Waals surface area contributed by atoms with Crippen LogP contribution in [-0.2, 0) is 4.74 Å². The maximum Gasteiger partial charge on any atom is 0.164 e. The number of aryl methyl sites for hydroxylation is 1. The Morgan fingerprint density at radius 3 is 2.50 bits per heavy atom. The SMILES string of the molecule is Cc1nc([C@@H]2O[C@H](CO)[C@@H](O)[C@H]2O)n(-c2ccc(F)cc2)n1. The molecule has 2 heterocycles. The average molecular weight is 309 g/mol. The van der Waals surface area contributed by atoms with E-state index in [9.17, 15) is 14.6 Å². The number of benzene rings is 1. The quantitative estimate of drug-likeness (QED) is 0.730. The Hall–Kier alpha value is -1.87. The van der Waals surface area contributed by atoms with E-state index in [0.29, 0.717) is 11.5 Å². The van der Waals surface area contributed by atoms with Crippen molar-refractivity contribution in [3.63, 3.8) is 0 Å². The summed E-state index contributed by atoms with van der Waals surface area (Å²) in [7, 11) is 0. The molecular formula is C14H16FN3O4. The predicted molar refractivity (Wildman–Crippen MR) is 72.8 cm³/mol. The third-order valence-corrected chi connectivity index (χ3v) is 3.61. The summed E-state index contributed by atoms with van der Waals surface area (Å²) in [5.74, 6) is 0.346. The number of aromatic nitrogens is 3. The average Bonchev–Trinajstić information content (AvgIpc) is 3.01. The van der Waals surface area contributed by atoms with E-state index in [-0.39, 0.29) is 11.6 Å². The zero-order valence-electron chi connectivity index (χ0n) is 11.8. The summed E-state index contributed by atoms with van der Waals surface area (Å²) < 4.78 is 19.9. The molecule has 8 heteroatoms. The maximum absolute atomic E-state index is 13.0. The first-order valence-corrected chi connectivity index (χ1v) is 6.83. The van der Waals surface area contributed by atoms with E-state index in [1.165, 1.54) is 28.9 Å². The summed E-state index contributed by atoms with van der Waals surface area (Å²) in [6.45, 7) is 1.25. The van der Waals surface area contributed by atoms with Gasteiger partial charge in [0.05, 0.1) is 12.3 Å². The number of rotatable bonds is 3. The van der Waals surface area contributed by atoms with Crippen molar-refractivity contribution in [1.29, 1.82) is 0 Å². The molecule has 0 radical (unpaired) electrons. The lowest BCUT2D eigenvalue weighted by atomic mass is 10.1. The van der Waals surface area contributed by atoms with Crippen molar-refractivity contribution < 1.29 is 24.4 Å². The van der Waals surface area contributed by atoms with Crippen LogP contribution in [0.1, 0.15) is 17.8 Å². The van der Waals surface area contributed by atoms with Crippen molar-refractivity contribution in [3.8, 4) is 5.69 Å². The third-order valence-electron chi connectivity index (χ3n) is 3.61. The zero-order valence-corrected chi connectivity index (χ0v) is 11.8. The predicted octanol–water partition coefficient (Wildman–Crippen LogP) is -0.131. The molecule has 7 nitrogen and oxygen atoms in total. The summed E-state index contributed by atoms with van der Waals surface area (Å²) in [6, 6.07) is 5.61. The molecule has 2 aromatic rings. The van der Waals surface area contributed by atoms with E-state index in [1.807, 2.05) is 0 Å². The molecule has 1 aliphatic rings. The van der Waals surface area contributed by atoms with Gasteiger partial charge in [0, 0.05) is 0 Å². The van der Waals surface area contributed by atoms with Gasteiger partial charge in [0.1, 0.15) is 36.1 Å². The molecule has 1 saturated heterocycles. The number of aliphatic hydroxyl groups excluding tert-OH is 3. The molecule has 4 atom stereocenters. The fourth-order valence-electron chi connectivity index (χ4n) is 2.50. The molecule has 0 spiro atoms. The molecule has 1 fully saturated rings. The first-order valence-electron chi connectivity index (χ1n) is 6.83. The minimum absolute atomic E-state index is 0.284. The van der Waals surface area contributed by atoms with Gasteiger partial charge >= 0.3 is 0 Å². The van der Waals surface area contributed by atoms with Gasteiger partial charge in [0.15, 0.2) is 5.82 Å². The van der Waals surface area contributed by atoms with Crippen LogP contribution in [0.2, 0.25) is 0 Å².